The number of rotatable bonds is 1. The Hall–Kier alpha value is 1.49. The molecule has 0 N–H and O–H groups in total. The summed E-state index contributed by atoms with van der Waals surface area (Å²) in [7, 11) is 0. The second-order valence-corrected chi connectivity index (χ2v) is 0.988. The third-order valence-electron chi connectivity index (χ3n) is 0.327. The van der Waals surface area contributed by atoms with Crippen LogP contribution < -0.4 is 51.4 Å². The van der Waals surface area contributed by atoms with Crippen LogP contribution in [0.4, 0.5) is 12.9 Å². The van der Waals surface area contributed by atoms with E-state index < -0.39 is 26.5 Å². The molecule has 0 nitrogen and oxygen atoms in total. The molecule has 0 rings (SSSR count). The van der Waals surface area contributed by atoms with Crippen molar-refractivity contribution in [3.8, 4) is 0 Å². The monoisotopic (exact) mass is 157 g/mol. The number of halogens is 3. The van der Waals surface area contributed by atoms with E-state index in [1.54, 1.807) is 0 Å². The van der Waals surface area contributed by atoms with Gasteiger partial charge in [0.05, 0.1) is 0 Å². The number of hydrogen-bond donors (Lipinski definition) is 0. The zero-order valence-corrected chi connectivity index (χ0v) is 7.33. The quantitative estimate of drug-likeness (QED) is 0.439. The summed E-state index contributed by atoms with van der Waals surface area (Å²) in [6.45, 7) is -14.2. The predicted octanol–water partition coefficient (Wildman–Crippen LogP) is -0.752. The first-order valence-electron chi connectivity index (χ1n) is 4.94. The van der Waals surface area contributed by atoms with E-state index in [0.29, 0.717) is 0 Å². The van der Waals surface area contributed by atoms with Gasteiger partial charge in [-0.15, -0.1) is 0 Å². The van der Waals surface area contributed by atoms with Crippen LogP contribution in [0.2, 0.25) is 5.79 Å². The molecule has 5 heteroatoms. The van der Waals surface area contributed by atoms with Gasteiger partial charge in [-0.25, -0.2) is 0 Å². The number of hydrogen-bond acceptors (Lipinski definition) is 0. The Morgan fingerprint density at radius 3 is 1.88 bits per heavy atom. The van der Waals surface area contributed by atoms with Gasteiger partial charge in [0.15, 0.2) is 0 Å². The average molecular weight is 157 g/mol. The summed E-state index contributed by atoms with van der Waals surface area (Å²) in [5, 5.41) is 0. The van der Waals surface area contributed by atoms with Crippen molar-refractivity contribution in [1.29, 1.82) is 0 Å². The zero-order valence-electron chi connectivity index (χ0n) is 11.2. The molecule has 0 atom stereocenters. The minimum Gasteiger partial charge on any atom is -0.449 e. The van der Waals surface area contributed by atoms with E-state index in [1.165, 1.54) is 0 Å². The normalized spacial score (nSPS) is 28.6. The van der Waals surface area contributed by atoms with Gasteiger partial charge in [-0.1, -0.05) is 19.5 Å². The largest absolute Gasteiger partial charge is 1.00 e. The van der Waals surface area contributed by atoms with Crippen LogP contribution in [0.3, 0.4) is 0 Å². The van der Waals surface area contributed by atoms with Crippen LogP contribution in [-0.2, 0) is 0 Å². The molecule has 0 bridgehead atoms. The molecule has 8 heavy (non-hydrogen) atoms. The maximum atomic E-state index is 12.3. The van der Waals surface area contributed by atoms with Crippen molar-refractivity contribution < 1.29 is 73.9 Å². The summed E-state index contributed by atoms with van der Waals surface area (Å²) >= 11 is 0. The summed E-state index contributed by atoms with van der Waals surface area (Å²) in [6.07, 6.45) is 0. The first kappa shape index (κ1) is 3.26. The topological polar surface area (TPSA) is 0 Å². The third-order valence-corrected chi connectivity index (χ3v) is 0.327. The molecule has 0 amide bonds. The first-order valence-corrected chi connectivity index (χ1v) is 1.44. The predicted molar refractivity (Wildman–Crippen MR) is 24.2 cm³/mol. The van der Waals surface area contributed by atoms with Crippen molar-refractivity contribution in [2.75, 3.05) is 0 Å². The molecule has 0 aromatic heterocycles. The average Bonchev–Trinajstić information content (AvgIpc) is 1.77. The van der Waals surface area contributed by atoms with Gasteiger partial charge in [0, 0.05) is 8.22 Å². The van der Waals surface area contributed by atoms with Gasteiger partial charge in [0.25, 0.3) is 0 Å². The van der Waals surface area contributed by atoms with E-state index in [-0.39, 0.29) is 51.4 Å². The fraction of sp³-hybridized carbons (Fsp3) is 1.00. The molecular formula is C3H7BF3K. The fourth-order valence-corrected chi connectivity index (χ4v) is 0. The van der Waals surface area contributed by atoms with Crippen LogP contribution in [-0.4, -0.2) is 6.98 Å². The second kappa shape index (κ2) is 4.33. The molecule has 0 unspecified atom stereocenters. The molecule has 0 spiro atoms. The van der Waals surface area contributed by atoms with E-state index >= 15 is 0 Å². The van der Waals surface area contributed by atoms with Crippen LogP contribution in [0.5, 0.6) is 0 Å². The summed E-state index contributed by atoms with van der Waals surface area (Å²) in [4.78, 5) is 0. The van der Waals surface area contributed by atoms with Gasteiger partial charge in [0.1, 0.15) is 0 Å². The fourth-order valence-electron chi connectivity index (χ4n) is 0. The van der Waals surface area contributed by atoms with Gasteiger partial charge < -0.3 is 12.9 Å². The Labute approximate surface area is 99.5 Å². The Morgan fingerprint density at radius 2 is 1.88 bits per heavy atom. The molecule has 0 aliphatic rings. The maximum Gasteiger partial charge on any atom is 1.00 e. The van der Waals surface area contributed by atoms with E-state index in [9.17, 15) is 12.9 Å². The third kappa shape index (κ3) is 5.62. The van der Waals surface area contributed by atoms with Crippen LogP contribution in [0.15, 0.2) is 0 Å². The minimum atomic E-state index is -6.31. The molecule has 0 aliphatic carbocycles. The van der Waals surface area contributed by atoms with Crippen LogP contribution in [0.1, 0.15) is 23.3 Å². The first-order chi connectivity index (χ1) is 5.75. The molecule has 44 valence electrons. The molecule has 0 saturated carbocycles. The summed E-state index contributed by atoms with van der Waals surface area (Å²) in [5.74, 6) is -4.38. The van der Waals surface area contributed by atoms with Crippen molar-refractivity contribution in [3.63, 3.8) is 0 Å². The van der Waals surface area contributed by atoms with E-state index in [4.69, 9.17) is 9.60 Å². The van der Waals surface area contributed by atoms with Crippen LogP contribution in [0, 0.1) is 0 Å². The van der Waals surface area contributed by atoms with Crippen molar-refractivity contribution in [3.05, 3.63) is 0 Å². The van der Waals surface area contributed by atoms with Crippen molar-refractivity contribution in [2.45, 2.75) is 19.5 Å². The Morgan fingerprint density at radius 1 is 1.50 bits per heavy atom. The smallest absolute Gasteiger partial charge is 0.449 e. The SMILES string of the molecule is [2H]C([2H])([2H])C([2H])([B-](F)(F)F)C([2H])([2H])[2H].[K+]. The maximum absolute atomic E-state index is 12.3. The van der Waals surface area contributed by atoms with Crippen molar-refractivity contribution >= 4 is 6.98 Å². The summed E-state index contributed by atoms with van der Waals surface area (Å²) < 4.78 is 82.3. The van der Waals surface area contributed by atoms with Gasteiger partial charge in [0.2, 0.25) is 0 Å². The van der Waals surface area contributed by atoms with Crippen LogP contribution >= 0.6 is 0 Å². The standard InChI is InChI=1S/C3H7BF3.K/c1-3(2)4(5,6)7;/h3H,1-2H3;/q-1;+1/i1D3,2D3,3D;. The Kier molecular flexibility index (Phi) is 1.76. The Bertz CT molecular complexity index is 183. The van der Waals surface area contributed by atoms with Crippen molar-refractivity contribution in [2.24, 2.45) is 0 Å². The molecule has 0 aromatic carbocycles. The molecular weight excluding hydrogens is 143 g/mol. The van der Waals surface area contributed by atoms with E-state index in [0.717, 1.165) is 0 Å². The molecule has 0 aromatic rings. The second-order valence-electron chi connectivity index (χ2n) is 0.988. The molecule has 0 heterocycles. The summed E-state index contributed by atoms with van der Waals surface area (Å²) in [5.41, 5.74) is 0. The van der Waals surface area contributed by atoms with Gasteiger partial charge in [-0.3, -0.25) is 0 Å². The van der Waals surface area contributed by atoms with Gasteiger partial charge >= 0.3 is 58.4 Å². The molecule has 0 radical (unpaired) electrons. The minimum absolute atomic E-state index is 0. The van der Waals surface area contributed by atoms with Crippen molar-refractivity contribution in [1.82, 2.24) is 0 Å². The van der Waals surface area contributed by atoms with Gasteiger partial charge in [-0.2, -0.15) is 0 Å². The van der Waals surface area contributed by atoms with Gasteiger partial charge in [-0.05, 0) is 1.37 Å². The van der Waals surface area contributed by atoms with E-state index in [1.807, 2.05) is 0 Å². The molecule has 0 fully saturated rings. The van der Waals surface area contributed by atoms with E-state index in [2.05, 4.69) is 0 Å². The zero-order chi connectivity index (χ0) is 12.0. The molecule has 0 aliphatic heterocycles. The molecule has 0 saturated heterocycles. The van der Waals surface area contributed by atoms with Crippen LogP contribution in [0.25, 0.3) is 0 Å². The Balaban J connectivity index is 0. The summed E-state index contributed by atoms with van der Waals surface area (Å²) in [6, 6.07) is 0.